The highest BCUT2D eigenvalue weighted by atomic mass is 16.2. The molecule has 0 saturated carbocycles. The Hall–Kier alpha value is -1.84. The van der Waals surface area contributed by atoms with E-state index in [2.05, 4.69) is 5.32 Å². The molecule has 0 atom stereocenters. The van der Waals surface area contributed by atoms with Crippen LogP contribution in [0.3, 0.4) is 0 Å². The van der Waals surface area contributed by atoms with Gasteiger partial charge in [0.25, 0.3) is 5.91 Å². The lowest BCUT2D eigenvalue weighted by Gasteiger charge is -2.26. The highest BCUT2D eigenvalue weighted by molar-refractivity contribution is 5.94. The smallest absolute Gasteiger partial charge is 0.253 e. The first-order valence-corrected chi connectivity index (χ1v) is 6.36. The van der Waals surface area contributed by atoms with E-state index in [1.807, 2.05) is 29.2 Å². The van der Waals surface area contributed by atoms with E-state index in [4.69, 9.17) is 0 Å². The highest BCUT2D eigenvalue weighted by Crippen LogP contribution is 2.13. The molecule has 0 radical (unpaired) electrons. The molecule has 1 aliphatic heterocycles. The Kier molecular flexibility index (Phi) is 4.34. The molecule has 1 saturated heterocycles. The number of carbonyl (C=O) groups is 2. The summed E-state index contributed by atoms with van der Waals surface area (Å²) < 4.78 is 0. The standard InChI is InChI=1S/C14H18N2O2/c17-11-15-10-12-4-6-13(7-5-12)14(18)16-8-2-1-3-9-16/h4-7,11H,1-3,8-10H2,(H,15,17). The van der Waals surface area contributed by atoms with Crippen molar-refractivity contribution in [3.8, 4) is 0 Å². The van der Waals surface area contributed by atoms with Gasteiger partial charge in [0.2, 0.25) is 6.41 Å². The summed E-state index contributed by atoms with van der Waals surface area (Å²) in [7, 11) is 0. The minimum absolute atomic E-state index is 0.115. The minimum atomic E-state index is 0.115. The fourth-order valence-electron chi connectivity index (χ4n) is 2.20. The molecular formula is C14H18N2O2. The molecule has 1 aromatic rings. The Labute approximate surface area is 107 Å². The number of hydrogen-bond donors (Lipinski definition) is 1. The van der Waals surface area contributed by atoms with Gasteiger partial charge in [-0.3, -0.25) is 9.59 Å². The number of piperidine rings is 1. The summed E-state index contributed by atoms with van der Waals surface area (Å²) in [6, 6.07) is 7.43. The van der Waals surface area contributed by atoms with Crippen LogP contribution in [0, 0.1) is 0 Å². The summed E-state index contributed by atoms with van der Waals surface area (Å²) in [6.45, 7) is 2.24. The molecule has 4 nitrogen and oxygen atoms in total. The van der Waals surface area contributed by atoms with E-state index >= 15 is 0 Å². The number of amides is 2. The van der Waals surface area contributed by atoms with Crippen molar-refractivity contribution in [2.75, 3.05) is 13.1 Å². The van der Waals surface area contributed by atoms with E-state index in [0.29, 0.717) is 13.0 Å². The normalized spacial score (nSPS) is 15.2. The fraction of sp³-hybridized carbons (Fsp3) is 0.429. The Balaban J connectivity index is 1.99. The maximum atomic E-state index is 12.2. The zero-order chi connectivity index (χ0) is 12.8. The lowest BCUT2D eigenvalue weighted by atomic mass is 10.1. The molecule has 4 heteroatoms. The second-order valence-electron chi connectivity index (χ2n) is 4.55. The van der Waals surface area contributed by atoms with Crippen molar-refractivity contribution in [2.24, 2.45) is 0 Å². The maximum Gasteiger partial charge on any atom is 0.253 e. The van der Waals surface area contributed by atoms with E-state index < -0.39 is 0 Å². The first-order chi connectivity index (χ1) is 8.81. The van der Waals surface area contributed by atoms with Crippen molar-refractivity contribution < 1.29 is 9.59 Å². The molecule has 96 valence electrons. The van der Waals surface area contributed by atoms with E-state index in [0.717, 1.165) is 37.1 Å². The topological polar surface area (TPSA) is 49.4 Å². The second-order valence-corrected chi connectivity index (χ2v) is 4.55. The number of carbonyl (C=O) groups excluding carboxylic acids is 2. The average Bonchev–Trinajstić information content (AvgIpc) is 2.46. The third-order valence-corrected chi connectivity index (χ3v) is 3.23. The molecule has 1 aliphatic rings. The average molecular weight is 246 g/mol. The first-order valence-electron chi connectivity index (χ1n) is 6.36. The van der Waals surface area contributed by atoms with Gasteiger partial charge in [0.1, 0.15) is 0 Å². The van der Waals surface area contributed by atoms with Crippen LogP contribution in [-0.2, 0) is 11.3 Å². The van der Waals surface area contributed by atoms with Gasteiger partial charge < -0.3 is 10.2 Å². The fourth-order valence-corrected chi connectivity index (χ4v) is 2.20. The largest absolute Gasteiger partial charge is 0.355 e. The summed E-state index contributed by atoms with van der Waals surface area (Å²) in [5, 5.41) is 2.60. The molecule has 0 unspecified atom stereocenters. The lowest BCUT2D eigenvalue weighted by Crippen LogP contribution is -2.35. The molecule has 1 fully saturated rings. The van der Waals surface area contributed by atoms with Gasteiger partial charge in [-0.25, -0.2) is 0 Å². The maximum absolute atomic E-state index is 12.2. The van der Waals surface area contributed by atoms with Crippen LogP contribution in [0.1, 0.15) is 35.2 Å². The SMILES string of the molecule is O=CNCc1ccc(C(=O)N2CCCCC2)cc1. The second kappa shape index (κ2) is 6.19. The summed E-state index contributed by atoms with van der Waals surface area (Å²) in [6.07, 6.45) is 4.10. The van der Waals surface area contributed by atoms with Gasteiger partial charge in [0.05, 0.1) is 0 Å². The van der Waals surface area contributed by atoms with Gasteiger partial charge in [-0.15, -0.1) is 0 Å². The van der Waals surface area contributed by atoms with Crippen molar-refractivity contribution in [3.63, 3.8) is 0 Å². The monoisotopic (exact) mass is 246 g/mol. The van der Waals surface area contributed by atoms with Crippen molar-refractivity contribution in [1.29, 1.82) is 0 Å². The lowest BCUT2D eigenvalue weighted by molar-refractivity contribution is -0.109. The zero-order valence-electron chi connectivity index (χ0n) is 10.4. The molecular weight excluding hydrogens is 228 g/mol. The Morgan fingerprint density at radius 1 is 1.17 bits per heavy atom. The van der Waals surface area contributed by atoms with Crippen LogP contribution in [-0.4, -0.2) is 30.3 Å². The molecule has 2 rings (SSSR count). The third kappa shape index (κ3) is 3.09. The van der Waals surface area contributed by atoms with E-state index in [1.165, 1.54) is 6.42 Å². The summed E-state index contributed by atoms with van der Waals surface area (Å²) in [5.74, 6) is 0.115. The quantitative estimate of drug-likeness (QED) is 0.820. The van der Waals surface area contributed by atoms with Gasteiger partial charge in [-0.2, -0.15) is 0 Å². The van der Waals surface area contributed by atoms with Crippen LogP contribution in [0.15, 0.2) is 24.3 Å². The van der Waals surface area contributed by atoms with Gasteiger partial charge in [0, 0.05) is 25.2 Å². The first kappa shape index (κ1) is 12.6. The van der Waals surface area contributed by atoms with Crippen molar-refractivity contribution >= 4 is 12.3 Å². The predicted octanol–water partition coefficient (Wildman–Crippen LogP) is 1.56. The highest BCUT2D eigenvalue weighted by Gasteiger charge is 2.17. The Morgan fingerprint density at radius 2 is 1.83 bits per heavy atom. The van der Waals surface area contributed by atoms with Crippen LogP contribution < -0.4 is 5.32 Å². The predicted molar refractivity (Wildman–Crippen MR) is 69.1 cm³/mol. The van der Waals surface area contributed by atoms with E-state index in [1.54, 1.807) is 0 Å². The molecule has 0 aliphatic carbocycles. The van der Waals surface area contributed by atoms with Crippen molar-refractivity contribution in [2.45, 2.75) is 25.8 Å². The summed E-state index contributed by atoms with van der Waals surface area (Å²) in [4.78, 5) is 24.3. The van der Waals surface area contributed by atoms with Crippen LogP contribution >= 0.6 is 0 Å². The Bertz CT molecular complexity index is 408. The van der Waals surface area contributed by atoms with Crippen molar-refractivity contribution in [3.05, 3.63) is 35.4 Å². The van der Waals surface area contributed by atoms with Crippen LogP contribution in [0.4, 0.5) is 0 Å². The number of rotatable bonds is 4. The number of benzene rings is 1. The number of likely N-dealkylation sites (tertiary alicyclic amines) is 1. The third-order valence-electron chi connectivity index (χ3n) is 3.23. The van der Waals surface area contributed by atoms with Crippen molar-refractivity contribution in [1.82, 2.24) is 10.2 Å². The minimum Gasteiger partial charge on any atom is -0.355 e. The number of nitrogens with zero attached hydrogens (tertiary/aromatic N) is 1. The molecule has 18 heavy (non-hydrogen) atoms. The van der Waals surface area contributed by atoms with Gasteiger partial charge in [-0.05, 0) is 37.0 Å². The number of nitrogens with one attached hydrogen (secondary N) is 1. The van der Waals surface area contributed by atoms with E-state index in [-0.39, 0.29) is 5.91 Å². The van der Waals surface area contributed by atoms with Gasteiger partial charge >= 0.3 is 0 Å². The molecule has 0 aromatic heterocycles. The van der Waals surface area contributed by atoms with Gasteiger partial charge in [0.15, 0.2) is 0 Å². The van der Waals surface area contributed by atoms with E-state index in [9.17, 15) is 9.59 Å². The number of hydrogen-bond acceptors (Lipinski definition) is 2. The van der Waals surface area contributed by atoms with Crippen LogP contribution in [0.5, 0.6) is 0 Å². The van der Waals surface area contributed by atoms with Crippen LogP contribution in [0.25, 0.3) is 0 Å². The molecule has 0 spiro atoms. The van der Waals surface area contributed by atoms with Gasteiger partial charge in [-0.1, -0.05) is 12.1 Å². The molecule has 1 heterocycles. The molecule has 1 aromatic carbocycles. The zero-order valence-corrected chi connectivity index (χ0v) is 10.4. The molecule has 2 amide bonds. The summed E-state index contributed by atoms with van der Waals surface area (Å²) in [5.41, 5.74) is 1.73. The molecule has 0 bridgehead atoms. The molecule has 1 N–H and O–H groups in total. The summed E-state index contributed by atoms with van der Waals surface area (Å²) >= 11 is 0. The van der Waals surface area contributed by atoms with Crippen LogP contribution in [0.2, 0.25) is 0 Å². The Morgan fingerprint density at radius 3 is 2.44 bits per heavy atom.